The summed E-state index contributed by atoms with van der Waals surface area (Å²) in [7, 11) is 1.63. The number of nitrogens with one attached hydrogen (secondary N) is 1. The minimum atomic E-state index is 0.0197. The lowest BCUT2D eigenvalue weighted by Gasteiger charge is -2.06. The van der Waals surface area contributed by atoms with Crippen molar-refractivity contribution in [2.75, 3.05) is 13.7 Å². The topological polar surface area (TPSA) is 68.5 Å². The number of hydrogen-bond donors (Lipinski definition) is 1. The number of carbonyl (C=O) groups is 1. The minimum absolute atomic E-state index is 0.0197. The maximum atomic E-state index is 12.0. The SMILES string of the molecule is COc1ccc(CC(=O)NCCCc2nnc3ccccn23)cc1. The number of pyridine rings is 1. The highest BCUT2D eigenvalue weighted by atomic mass is 16.5. The van der Waals surface area contributed by atoms with Crippen LogP contribution in [0.25, 0.3) is 5.65 Å². The van der Waals surface area contributed by atoms with Gasteiger partial charge in [-0.3, -0.25) is 9.20 Å². The Kier molecular flexibility index (Phi) is 5.05. The van der Waals surface area contributed by atoms with Crippen LogP contribution in [0, 0.1) is 0 Å². The molecule has 0 unspecified atom stereocenters. The summed E-state index contributed by atoms with van der Waals surface area (Å²) in [5, 5.41) is 11.2. The van der Waals surface area contributed by atoms with E-state index in [-0.39, 0.29) is 5.91 Å². The molecule has 0 radical (unpaired) electrons. The molecule has 3 aromatic rings. The number of aromatic nitrogens is 3. The standard InChI is InChI=1S/C18H20N4O2/c1-24-15-9-7-14(8-10-15)13-18(23)19-11-4-6-17-21-20-16-5-2-3-12-22(16)17/h2-3,5,7-10,12H,4,6,11,13H2,1H3,(H,19,23). The molecule has 6 nitrogen and oxygen atoms in total. The van der Waals surface area contributed by atoms with E-state index in [0.717, 1.165) is 35.6 Å². The van der Waals surface area contributed by atoms with E-state index in [9.17, 15) is 4.79 Å². The third kappa shape index (κ3) is 3.90. The number of amides is 1. The number of ether oxygens (including phenoxy) is 1. The van der Waals surface area contributed by atoms with Crippen LogP contribution in [0.4, 0.5) is 0 Å². The van der Waals surface area contributed by atoms with Crippen LogP contribution < -0.4 is 10.1 Å². The Balaban J connectivity index is 1.43. The van der Waals surface area contributed by atoms with Gasteiger partial charge in [0, 0.05) is 19.2 Å². The van der Waals surface area contributed by atoms with Crippen molar-refractivity contribution in [3.8, 4) is 5.75 Å². The second-order valence-corrected chi connectivity index (χ2v) is 5.52. The van der Waals surface area contributed by atoms with Gasteiger partial charge in [0.25, 0.3) is 0 Å². The molecule has 0 atom stereocenters. The van der Waals surface area contributed by atoms with Crippen molar-refractivity contribution in [2.45, 2.75) is 19.3 Å². The van der Waals surface area contributed by atoms with Crippen LogP contribution in [-0.2, 0) is 17.6 Å². The highest BCUT2D eigenvalue weighted by Crippen LogP contribution is 2.11. The zero-order chi connectivity index (χ0) is 16.8. The monoisotopic (exact) mass is 324 g/mol. The molecule has 0 aliphatic heterocycles. The number of carbonyl (C=O) groups excluding carboxylic acids is 1. The zero-order valence-electron chi connectivity index (χ0n) is 13.6. The first-order valence-corrected chi connectivity index (χ1v) is 7.94. The molecule has 1 aromatic carbocycles. The quantitative estimate of drug-likeness (QED) is 0.675. The van der Waals surface area contributed by atoms with E-state index in [1.165, 1.54) is 0 Å². The van der Waals surface area contributed by atoms with Gasteiger partial charge in [-0.05, 0) is 36.2 Å². The number of hydrogen-bond acceptors (Lipinski definition) is 4. The summed E-state index contributed by atoms with van der Waals surface area (Å²) in [5.41, 5.74) is 1.81. The Morgan fingerprint density at radius 1 is 1.17 bits per heavy atom. The third-order valence-corrected chi connectivity index (χ3v) is 3.81. The van der Waals surface area contributed by atoms with E-state index < -0.39 is 0 Å². The molecule has 24 heavy (non-hydrogen) atoms. The Labute approximate surface area is 140 Å². The predicted molar refractivity (Wildman–Crippen MR) is 91.0 cm³/mol. The van der Waals surface area contributed by atoms with E-state index in [0.29, 0.717) is 13.0 Å². The van der Waals surface area contributed by atoms with Crippen molar-refractivity contribution in [1.82, 2.24) is 19.9 Å². The fraction of sp³-hybridized carbons (Fsp3) is 0.278. The minimum Gasteiger partial charge on any atom is -0.497 e. The molecule has 0 spiro atoms. The lowest BCUT2D eigenvalue weighted by atomic mass is 10.1. The molecule has 0 fully saturated rings. The van der Waals surface area contributed by atoms with Crippen molar-refractivity contribution in [2.24, 2.45) is 0 Å². The fourth-order valence-corrected chi connectivity index (χ4v) is 2.53. The highest BCUT2D eigenvalue weighted by Gasteiger charge is 2.06. The molecule has 1 N–H and O–H groups in total. The summed E-state index contributed by atoms with van der Waals surface area (Å²) in [4.78, 5) is 12.0. The highest BCUT2D eigenvalue weighted by molar-refractivity contribution is 5.78. The zero-order valence-corrected chi connectivity index (χ0v) is 13.6. The largest absolute Gasteiger partial charge is 0.497 e. The molecule has 3 rings (SSSR count). The van der Waals surface area contributed by atoms with Gasteiger partial charge in [-0.25, -0.2) is 0 Å². The Morgan fingerprint density at radius 2 is 2.00 bits per heavy atom. The number of aryl methyl sites for hydroxylation is 1. The van der Waals surface area contributed by atoms with E-state index >= 15 is 0 Å². The maximum absolute atomic E-state index is 12.0. The van der Waals surface area contributed by atoms with Crippen LogP contribution in [0.1, 0.15) is 17.8 Å². The van der Waals surface area contributed by atoms with Gasteiger partial charge in [-0.2, -0.15) is 0 Å². The molecule has 2 heterocycles. The molecule has 0 saturated carbocycles. The second-order valence-electron chi connectivity index (χ2n) is 5.52. The maximum Gasteiger partial charge on any atom is 0.224 e. The fourth-order valence-electron chi connectivity index (χ4n) is 2.53. The average Bonchev–Trinajstić information content (AvgIpc) is 3.03. The van der Waals surface area contributed by atoms with E-state index in [1.54, 1.807) is 7.11 Å². The van der Waals surface area contributed by atoms with E-state index in [2.05, 4.69) is 15.5 Å². The molecular formula is C18H20N4O2. The van der Waals surface area contributed by atoms with Gasteiger partial charge in [-0.15, -0.1) is 10.2 Å². The summed E-state index contributed by atoms with van der Waals surface area (Å²) < 4.78 is 7.08. The van der Waals surface area contributed by atoms with Gasteiger partial charge in [-0.1, -0.05) is 18.2 Å². The molecule has 0 saturated heterocycles. The normalized spacial score (nSPS) is 10.7. The lowest BCUT2D eigenvalue weighted by Crippen LogP contribution is -2.26. The second kappa shape index (κ2) is 7.59. The van der Waals surface area contributed by atoms with Crippen molar-refractivity contribution in [3.63, 3.8) is 0 Å². The molecule has 124 valence electrons. The summed E-state index contributed by atoms with van der Waals surface area (Å²) in [5.74, 6) is 1.72. The van der Waals surface area contributed by atoms with Crippen molar-refractivity contribution in [3.05, 3.63) is 60.0 Å². The summed E-state index contributed by atoms with van der Waals surface area (Å²) in [6, 6.07) is 13.3. The Bertz CT molecular complexity index is 811. The lowest BCUT2D eigenvalue weighted by molar-refractivity contribution is -0.120. The Morgan fingerprint density at radius 3 is 2.79 bits per heavy atom. The first-order valence-electron chi connectivity index (χ1n) is 7.94. The first kappa shape index (κ1) is 16.0. The molecule has 0 aliphatic carbocycles. The van der Waals surface area contributed by atoms with Gasteiger partial charge in [0.05, 0.1) is 13.5 Å². The van der Waals surface area contributed by atoms with E-state index in [1.807, 2.05) is 53.1 Å². The third-order valence-electron chi connectivity index (χ3n) is 3.81. The van der Waals surface area contributed by atoms with Crippen molar-refractivity contribution in [1.29, 1.82) is 0 Å². The van der Waals surface area contributed by atoms with E-state index in [4.69, 9.17) is 4.74 Å². The van der Waals surface area contributed by atoms with Crippen LogP contribution in [0.5, 0.6) is 5.75 Å². The molecule has 1 amide bonds. The van der Waals surface area contributed by atoms with Gasteiger partial charge in [0.15, 0.2) is 5.65 Å². The number of fused-ring (bicyclic) bond motifs is 1. The van der Waals surface area contributed by atoms with Crippen molar-refractivity contribution < 1.29 is 9.53 Å². The molecule has 6 heteroatoms. The summed E-state index contributed by atoms with van der Waals surface area (Å²) in [6.45, 7) is 0.622. The van der Waals surface area contributed by atoms with Gasteiger partial charge in [0.1, 0.15) is 11.6 Å². The Hall–Kier alpha value is -2.89. The van der Waals surface area contributed by atoms with Gasteiger partial charge < -0.3 is 10.1 Å². The van der Waals surface area contributed by atoms with Crippen LogP contribution in [-0.4, -0.2) is 34.2 Å². The predicted octanol–water partition coefficient (Wildman–Crippen LogP) is 2.03. The molecular weight excluding hydrogens is 304 g/mol. The summed E-state index contributed by atoms with van der Waals surface area (Å²) in [6.07, 6.45) is 3.92. The number of benzene rings is 1. The smallest absolute Gasteiger partial charge is 0.224 e. The molecule has 0 bridgehead atoms. The van der Waals surface area contributed by atoms with Crippen LogP contribution in [0.2, 0.25) is 0 Å². The van der Waals surface area contributed by atoms with Crippen molar-refractivity contribution >= 4 is 11.6 Å². The van der Waals surface area contributed by atoms with Gasteiger partial charge >= 0.3 is 0 Å². The number of nitrogens with zero attached hydrogens (tertiary/aromatic N) is 3. The summed E-state index contributed by atoms with van der Waals surface area (Å²) >= 11 is 0. The van der Waals surface area contributed by atoms with Crippen LogP contribution in [0.3, 0.4) is 0 Å². The van der Waals surface area contributed by atoms with Crippen LogP contribution in [0.15, 0.2) is 48.7 Å². The molecule has 2 aromatic heterocycles. The number of methoxy groups -OCH3 is 1. The molecule has 0 aliphatic rings. The average molecular weight is 324 g/mol. The van der Waals surface area contributed by atoms with Gasteiger partial charge in [0.2, 0.25) is 5.91 Å². The number of rotatable bonds is 7. The first-order chi connectivity index (χ1) is 11.8. The van der Waals surface area contributed by atoms with Crippen LogP contribution >= 0.6 is 0 Å².